The molecule has 2 nitrogen and oxygen atoms in total. The van der Waals surface area contributed by atoms with Crippen LogP contribution in [-0.2, 0) is 19.6 Å². The minimum absolute atomic E-state index is 0.234. The second-order valence-electron chi connectivity index (χ2n) is 5.36. The molecule has 2 aromatic rings. The standard InChI is InChI=1S/C16H12F4INO/c17-12-5-11-8-22(9-14(11)15(21)6-12)7-10-1-3-13(4-2-10)23-16(18,19)20/h1-6H,7-9H2. The van der Waals surface area contributed by atoms with Crippen molar-refractivity contribution in [3.8, 4) is 5.75 Å². The first-order valence-corrected chi connectivity index (χ1v) is 7.92. The van der Waals surface area contributed by atoms with Crippen molar-refractivity contribution in [1.82, 2.24) is 4.90 Å². The zero-order valence-corrected chi connectivity index (χ0v) is 14.0. The van der Waals surface area contributed by atoms with Crippen molar-refractivity contribution in [2.45, 2.75) is 26.0 Å². The maximum absolute atomic E-state index is 13.4. The number of halogens is 5. The monoisotopic (exact) mass is 437 g/mol. The molecule has 1 aliphatic heterocycles. The van der Waals surface area contributed by atoms with E-state index >= 15 is 0 Å². The van der Waals surface area contributed by atoms with Gasteiger partial charge in [-0.3, -0.25) is 4.90 Å². The van der Waals surface area contributed by atoms with Gasteiger partial charge < -0.3 is 4.74 Å². The molecular formula is C16H12F4INO. The van der Waals surface area contributed by atoms with E-state index in [0.29, 0.717) is 19.6 Å². The largest absolute Gasteiger partial charge is 0.573 e. The topological polar surface area (TPSA) is 12.5 Å². The molecule has 0 aliphatic carbocycles. The third-order valence-corrected chi connectivity index (χ3v) is 4.55. The Morgan fingerprint density at radius 2 is 1.78 bits per heavy atom. The average Bonchev–Trinajstić information content (AvgIpc) is 2.82. The molecule has 0 bridgehead atoms. The Hall–Kier alpha value is -1.35. The Bertz CT molecular complexity index is 715. The van der Waals surface area contributed by atoms with Gasteiger partial charge in [0.2, 0.25) is 0 Å². The highest BCUT2D eigenvalue weighted by molar-refractivity contribution is 14.1. The molecule has 0 radical (unpaired) electrons. The summed E-state index contributed by atoms with van der Waals surface area (Å²) in [7, 11) is 0. The van der Waals surface area contributed by atoms with Crippen LogP contribution < -0.4 is 4.74 Å². The Labute approximate surface area is 144 Å². The Morgan fingerprint density at radius 3 is 2.43 bits per heavy atom. The molecule has 0 saturated carbocycles. The molecule has 0 atom stereocenters. The van der Waals surface area contributed by atoms with Crippen molar-refractivity contribution >= 4 is 22.6 Å². The van der Waals surface area contributed by atoms with Gasteiger partial charge in [0.1, 0.15) is 11.6 Å². The minimum atomic E-state index is -4.68. The van der Waals surface area contributed by atoms with E-state index in [1.165, 1.54) is 24.3 Å². The molecule has 0 amide bonds. The predicted molar refractivity (Wildman–Crippen MR) is 85.2 cm³/mol. The van der Waals surface area contributed by atoms with E-state index in [2.05, 4.69) is 32.2 Å². The molecule has 1 aliphatic rings. The van der Waals surface area contributed by atoms with Gasteiger partial charge in [0.25, 0.3) is 0 Å². The summed E-state index contributed by atoms with van der Waals surface area (Å²) in [5.74, 6) is -0.480. The summed E-state index contributed by atoms with van der Waals surface area (Å²) in [6.45, 7) is 1.91. The van der Waals surface area contributed by atoms with E-state index in [0.717, 1.165) is 20.3 Å². The molecular weight excluding hydrogens is 425 g/mol. The van der Waals surface area contributed by atoms with Gasteiger partial charge in [-0.05, 0) is 63.5 Å². The molecule has 23 heavy (non-hydrogen) atoms. The molecule has 0 fully saturated rings. The first kappa shape index (κ1) is 16.5. The normalized spacial score (nSPS) is 14.8. The first-order chi connectivity index (χ1) is 10.8. The first-order valence-electron chi connectivity index (χ1n) is 6.84. The number of hydrogen-bond donors (Lipinski definition) is 0. The number of ether oxygens (including phenoxy) is 1. The van der Waals surface area contributed by atoms with Crippen LogP contribution in [-0.4, -0.2) is 11.3 Å². The van der Waals surface area contributed by atoms with E-state index in [1.807, 2.05) is 0 Å². The Balaban J connectivity index is 1.66. The van der Waals surface area contributed by atoms with Crippen LogP contribution in [0.4, 0.5) is 17.6 Å². The highest BCUT2D eigenvalue weighted by Crippen LogP contribution is 2.30. The van der Waals surface area contributed by atoms with Gasteiger partial charge in [0, 0.05) is 23.2 Å². The lowest BCUT2D eigenvalue weighted by Crippen LogP contribution is -2.17. The smallest absolute Gasteiger partial charge is 0.406 e. The van der Waals surface area contributed by atoms with E-state index in [4.69, 9.17) is 0 Å². The van der Waals surface area contributed by atoms with Gasteiger partial charge in [-0.15, -0.1) is 13.2 Å². The van der Waals surface area contributed by atoms with Crippen LogP contribution in [0, 0.1) is 9.39 Å². The van der Waals surface area contributed by atoms with Crippen LogP contribution in [0.3, 0.4) is 0 Å². The van der Waals surface area contributed by atoms with Gasteiger partial charge in [-0.1, -0.05) is 12.1 Å². The number of hydrogen-bond acceptors (Lipinski definition) is 2. The molecule has 0 unspecified atom stereocenters. The van der Waals surface area contributed by atoms with E-state index in [1.54, 1.807) is 12.1 Å². The Morgan fingerprint density at radius 1 is 1.09 bits per heavy atom. The van der Waals surface area contributed by atoms with Crippen molar-refractivity contribution in [2.75, 3.05) is 0 Å². The fraction of sp³-hybridized carbons (Fsp3) is 0.250. The molecule has 0 aromatic heterocycles. The highest BCUT2D eigenvalue weighted by Gasteiger charge is 2.31. The van der Waals surface area contributed by atoms with Gasteiger partial charge in [0.05, 0.1) is 0 Å². The molecule has 0 spiro atoms. The minimum Gasteiger partial charge on any atom is -0.406 e. The zero-order chi connectivity index (χ0) is 16.6. The highest BCUT2D eigenvalue weighted by atomic mass is 127. The van der Waals surface area contributed by atoms with Crippen molar-refractivity contribution < 1.29 is 22.3 Å². The second-order valence-corrected chi connectivity index (χ2v) is 6.52. The summed E-state index contributed by atoms with van der Waals surface area (Å²) in [4.78, 5) is 2.12. The SMILES string of the molecule is Fc1cc(I)c2c(c1)CN(Cc1ccc(OC(F)(F)F)cc1)C2. The van der Waals surface area contributed by atoms with Crippen LogP contribution in [0.1, 0.15) is 16.7 Å². The quantitative estimate of drug-likeness (QED) is 0.503. The lowest BCUT2D eigenvalue weighted by molar-refractivity contribution is -0.274. The summed E-state index contributed by atoms with van der Waals surface area (Å²) in [6, 6.07) is 8.86. The van der Waals surface area contributed by atoms with Crippen molar-refractivity contribution in [2.24, 2.45) is 0 Å². The van der Waals surface area contributed by atoms with Crippen molar-refractivity contribution in [1.29, 1.82) is 0 Å². The van der Waals surface area contributed by atoms with Gasteiger partial charge in [0.15, 0.2) is 0 Å². The lowest BCUT2D eigenvalue weighted by atomic mass is 10.1. The van der Waals surface area contributed by atoms with Gasteiger partial charge >= 0.3 is 6.36 Å². The van der Waals surface area contributed by atoms with E-state index in [-0.39, 0.29) is 11.6 Å². The second kappa shape index (κ2) is 6.27. The van der Waals surface area contributed by atoms with Crippen LogP contribution in [0.25, 0.3) is 0 Å². The average molecular weight is 437 g/mol. The maximum atomic E-state index is 13.4. The number of fused-ring (bicyclic) bond motifs is 1. The van der Waals surface area contributed by atoms with Crippen molar-refractivity contribution in [3.05, 3.63) is 62.5 Å². The molecule has 1 heterocycles. The summed E-state index contributed by atoms with van der Waals surface area (Å²) in [5.41, 5.74) is 2.96. The third kappa shape index (κ3) is 4.14. The molecule has 122 valence electrons. The number of benzene rings is 2. The van der Waals surface area contributed by atoms with Crippen LogP contribution in [0.5, 0.6) is 5.75 Å². The fourth-order valence-corrected chi connectivity index (χ4v) is 3.48. The molecule has 7 heteroatoms. The molecule has 2 aromatic carbocycles. The Kier molecular flexibility index (Phi) is 4.50. The van der Waals surface area contributed by atoms with Crippen LogP contribution >= 0.6 is 22.6 Å². The summed E-state index contributed by atoms with van der Waals surface area (Å²) < 4.78 is 54.6. The maximum Gasteiger partial charge on any atom is 0.573 e. The summed E-state index contributed by atoms with van der Waals surface area (Å²) in [6.07, 6.45) is -4.68. The number of rotatable bonds is 3. The third-order valence-electron chi connectivity index (χ3n) is 3.59. The van der Waals surface area contributed by atoms with Crippen LogP contribution in [0.15, 0.2) is 36.4 Å². The van der Waals surface area contributed by atoms with Gasteiger partial charge in [-0.2, -0.15) is 0 Å². The lowest BCUT2D eigenvalue weighted by Gasteiger charge is -2.15. The number of nitrogens with zero attached hydrogens (tertiary/aromatic N) is 1. The molecule has 3 rings (SSSR count). The van der Waals surface area contributed by atoms with E-state index in [9.17, 15) is 17.6 Å². The zero-order valence-electron chi connectivity index (χ0n) is 11.8. The van der Waals surface area contributed by atoms with Crippen molar-refractivity contribution in [3.63, 3.8) is 0 Å². The molecule has 0 N–H and O–H groups in total. The van der Waals surface area contributed by atoms with Crippen LogP contribution in [0.2, 0.25) is 0 Å². The fourth-order valence-electron chi connectivity index (χ4n) is 2.66. The summed E-state index contributed by atoms with van der Waals surface area (Å²) in [5, 5.41) is 0. The number of alkyl halides is 3. The summed E-state index contributed by atoms with van der Waals surface area (Å²) >= 11 is 2.12. The van der Waals surface area contributed by atoms with E-state index < -0.39 is 6.36 Å². The predicted octanol–water partition coefficient (Wildman–Crippen LogP) is 4.84. The molecule has 0 saturated heterocycles. The van der Waals surface area contributed by atoms with Gasteiger partial charge in [-0.25, -0.2) is 4.39 Å².